The molecule has 1 aliphatic heterocycles. The Morgan fingerprint density at radius 2 is 2.09 bits per heavy atom. The normalized spacial score (nSPS) is 20.4. The Balaban J connectivity index is 1.80. The van der Waals surface area contributed by atoms with Crippen LogP contribution in [-0.2, 0) is 21.1 Å². The molecule has 1 aromatic carbocycles. The second-order valence-electron chi connectivity index (χ2n) is 6.01. The van der Waals surface area contributed by atoms with Crippen molar-refractivity contribution in [3.05, 3.63) is 35.5 Å². The summed E-state index contributed by atoms with van der Waals surface area (Å²) in [5.74, 6) is 0.235. The van der Waals surface area contributed by atoms with Crippen LogP contribution in [0.3, 0.4) is 0 Å². The van der Waals surface area contributed by atoms with Gasteiger partial charge in [0.1, 0.15) is 0 Å². The number of fused-ring (bicyclic) bond motifs is 1. The third kappa shape index (κ3) is 2.75. The lowest BCUT2D eigenvalue weighted by Gasteiger charge is -2.23. The molecule has 0 bridgehead atoms. The number of hydrogen-bond acceptors (Lipinski definition) is 3. The third-order valence-electron chi connectivity index (χ3n) is 4.50. The number of benzene rings is 1. The maximum Gasteiger partial charge on any atom is 0.227 e. The molecule has 1 N–H and O–H groups in total. The summed E-state index contributed by atoms with van der Waals surface area (Å²) in [6.07, 6.45) is 0.834. The van der Waals surface area contributed by atoms with Gasteiger partial charge < -0.3 is 9.88 Å². The van der Waals surface area contributed by atoms with E-state index in [2.05, 4.69) is 4.98 Å². The summed E-state index contributed by atoms with van der Waals surface area (Å²) in [7, 11) is -1.27. The SMILES string of the molecule is Cc1[nH]c2ccccc2c1CC(=O)N(C)[C@@H]1CCS(=O)(=O)C1. The maximum atomic E-state index is 12.5. The van der Waals surface area contributed by atoms with Crippen LogP contribution in [0.15, 0.2) is 24.3 Å². The number of rotatable bonds is 3. The molecule has 1 fully saturated rings. The van der Waals surface area contributed by atoms with Crippen LogP contribution in [0.2, 0.25) is 0 Å². The maximum absolute atomic E-state index is 12.5. The summed E-state index contributed by atoms with van der Waals surface area (Å²) < 4.78 is 23.1. The van der Waals surface area contributed by atoms with E-state index in [0.717, 1.165) is 22.2 Å². The van der Waals surface area contributed by atoms with Gasteiger partial charge in [0, 0.05) is 29.7 Å². The first kappa shape index (κ1) is 15.1. The Morgan fingerprint density at radius 3 is 2.77 bits per heavy atom. The van der Waals surface area contributed by atoms with Crippen LogP contribution in [0, 0.1) is 6.92 Å². The molecule has 0 spiro atoms. The van der Waals surface area contributed by atoms with Crippen molar-refractivity contribution in [2.75, 3.05) is 18.6 Å². The molecule has 3 rings (SSSR count). The number of aromatic nitrogens is 1. The Labute approximate surface area is 130 Å². The van der Waals surface area contributed by atoms with Gasteiger partial charge in [0.05, 0.1) is 17.9 Å². The molecule has 5 nitrogen and oxygen atoms in total. The summed E-state index contributed by atoms with van der Waals surface area (Å²) in [5.41, 5.74) is 3.00. The van der Waals surface area contributed by atoms with Crippen molar-refractivity contribution in [1.82, 2.24) is 9.88 Å². The van der Waals surface area contributed by atoms with Crippen molar-refractivity contribution in [3.8, 4) is 0 Å². The van der Waals surface area contributed by atoms with E-state index in [1.165, 1.54) is 0 Å². The van der Waals surface area contributed by atoms with E-state index in [-0.39, 0.29) is 23.5 Å². The summed E-state index contributed by atoms with van der Waals surface area (Å²) in [4.78, 5) is 17.4. The molecule has 2 aromatic rings. The Kier molecular flexibility index (Phi) is 3.72. The van der Waals surface area contributed by atoms with Crippen LogP contribution in [0.4, 0.5) is 0 Å². The summed E-state index contributed by atoms with van der Waals surface area (Å²) in [5, 5.41) is 1.06. The van der Waals surface area contributed by atoms with Crippen molar-refractivity contribution in [2.24, 2.45) is 0 Å². The number of carbonyl (C=O) groups is 1. The van der Waals surface area contributed by atoms with E-state index in [0.29, 0.717) is 12.8 Å². The van der Waals surface area contributed by atoms with E-state index >= 15 is 0 Å². The molecule has 2 heterocycles. The molecular weight excluding hydrogens is 300 g/mol. The number of para-hydroxylation sites is 1. The Bertz CT molecular complexity index is 823. The fraction of sp³-hybridized carbons (Fsp3) is 0.438. The molecule has 1 amide bonds. The van der Waals surface area contributed by atoms with E-state index < -0.39 is 9.84 Å². The van der Waals surface area contributed by atoms with Crippen LogP contribution in [0.25, 0.3) is 10.9 Å². The lowest BCUT2D eigenvalue weighted by atomic mass is 10.1. The molecule has 0 radical (unpaired) electrons. The topological polar surface area (TPSA) is 70.2 Å². The van der Waals surface area contributed by atoms with E-state index in [9.17, 15) is 13.2 Å². The number of sulfone groups is 1. The molecule has 6 heteroatoms. The quantitative estimate of drug-likeness (QED) is 0.935. The Morgan fingerprint density at radius 1 is 1.36 bits per heavy atom. The minimum Gasteiger partial charge on any atom is -0.358 e. The van der Waals surface area contributed by atoms with Gasteiger partial charge in [0.15, 0.2) is 9.84 Å². The molecule has 118 valence electrons. The van der Waals surface area contributed by atoms with Gasteiger partial charge in [0.25, 0.3) is 0 Å². The fourth-order valence-corrected chi connectivity index (χ4v) is 4.90. The van der Waals surface area contributed by atoms with Gasteiger partial charge in [-0.05, 0) is 25.0 Å². The lowest BCUT2D eigenvalue weighted by Crippen LogP contribution is -2.38. The first-order chi connectivity index (χ1) is 10.4. The highest BCUT2D eigenvalue weighted by Crippen LogP contribution is 2.24. The van der Waals surface area contributed by atoms with Gasteiger partial charge in [-0.25, -0.2) is 8.42 Å². The molecule has 1 atom stereocenters. The lowest BCUT2D eigenvalue weighted by molar-refractivity contribution is -0.130. The predicted molar refractivity (Wildman–Crippen MR) is 86.6 cm³/mol. The van der Waals surface area contributed by atoms with Crippen LogP contribution in [-0.4, -0.2) is 48.8 Å². The van der Waals surface area contributed by atoms with Gasteiger partial charge >= 0.3 is 0 Å². The number of likely N-dealkylation sites (N-methyl/N-ethyl adjacent to an activating group) is 1. The number of amides is 1. The zero-order valence-corrected chi connectivity index (χ0v) is 13.6. The second kappa shape index (κ2) is 5.43. The highest BCUT2D eigenvalue weighted by molar-refractivity contribution is 7.91. The number of H-pyrrole nitrogens is 1. The van der Waals surface area contributed by atoms with Gasteiger partial charge in [-0.2, -0.15) is 0 Å². The minimum absolute atomic E-state index is 0.0325. The number of hydrogen-bond donors (Lipinski definition) is 1. The molecule has 0 aliphatic carbocycles. The molecule has 0 unspecified atom stereocenters. The van der Waals surface area contributed by atoms with Crippen molar-refractivity contribution >= 4 is 26.6 Å². The van der Waals surface area contributed by atoms with E-state index in [1.54, 1.807) is 11.9 Å². The standard InChI is InChI=1S/C16H20N2O3S/c1-11-14(13-5-3-4-6-15(13)17-11)9-16(19)18(2)12-7-8-22(20,21)10-12/h3-6,12,17H,7-10H2,1-2H3/t12-/m1/s1. The van der Waals surface area contributed by atoms with Crippen LogP contribution in [0.1, 0.15) is 17.7 Å². The molecular formula is C16H20N2O3S. The molecule has 0 saturated carbocycles. The number of carbonyl (C=O) groups excluding carboxylic acids is 1. The van der Waals surface area contributed by atoms with Crippen molar-refractivity contribution in [3.63, 3.8) is 0 Å². The van der Waals surface area contributed by atoms with Crippen LogP contribution >= 0.6 is 0 Å². The summed E-state index contributed by atoms with van der Waals surface area (Å²) in [6.45, 7) is 1.96. The summed E-state index contributed by atoms with van der Waals surface area (Å²) in [6, 6.07) is 7.71. The second-order valence-corrected chi connectivity index (χ2v) is 8.24. The highest BCUT2D eigenvalue weighted by atomic mass is 32.2. The molecule has 1 aliphatic rings. The third-order valence-corrected chi connectivity index (χ3v) is 6.25. The Hall–Kier alpha value is -1.82. The average molecular weight is 320 g/mol. The van der Waals surface area contributed by atoms with Gasteiger partial charge in [0.2, 0.25) is 5.91 Å². The van der Waals surface area contributed by atoms with Gasteiger partial charge in [-0.1, -0.05) is 18.2 Å². The number of nitrogens with one attached hydrogen (secondary N) is 1. The van der Waals surface area contributed by atoms with Gasteiger partial charge in [-0.3, -0.25) is 4.79 Å². The van der Waals surface area contributed by atoms with E-state index in [4.69, 9.17) is 0 Å². The molecule has 1 saturated heterocycles. The minimum atomic E-state index is -2.98. The molecule has 22 heavy (non-hydrogen) atoms. The van der Waals surface area contributed by atoms with Crippen molar-refractivity contribution < 1.29 is 13.2 Å². The largest absolute Gasteiger partial charge is 0.358 e. The van der Waals surface area contributed by atoms with Crippen LogP contribution < -0.4 is 0 Å². The van der Waals surface area contributed by atoms with Crippen molar-refractivity contribution in [2.45, 2.75) is 25.8 Å². The first-order valence-electron chi connectivity index (χ1n) is 7.39. The first-order valence-corrected chi connectivity index (χ1v) is 9.22. The monoisotopic (exact) mass is 320 g/mol. The average Bonchev–Trinajstić information content (AvgIpc) is 2.98. The number of aryl methyl sites for hydroxylation is 1. The van der Waals surface area contributed by atoms with E-state index in [1.807, 2.05) is 31.2 Å². The van der Waals surface area contributed by atoms with Crippen molar-refractivity contribution in [1.29, 1.82) is 0 Å². The molecule has 1 aromatic heterocycles. The zero-order chi connectivity index (χ0) is 15.9. The zero-order valence-electron chi connectivity index (χ0n) is 12.8. The summed E-state index contributed by atoms with van der Waals surface area (Å²) >= 11 is 0. The van der Waals surface area contributed by atoms with Crippen LogP contribution in [0.5, 0.6) is 0 Å². The predicted octanol–water partition coefficient (Wildman–Crippen LogP) is 1.66. The number of aromatic amines is 1. The number of nitrogens with zero attached hydrogens (tertiary/aromatic N) is 1. The highest BCUT2D eigenvalue weighted by Gasteiger charge is 2.32. The smallest absolute Gasteiger partial charge is 0.227 e. The fourth-order valence-electron chi connectivity index (χ4n) is 3.12. The van der Waals surface area contributed by atoms with Gasteiger partial charge in [-0.15, -0.1) is 0 Å².